The Kier molecular flexibility index (Phi) is 4.81. The van der Waals surface area contributed by atoms with Crippen LogP contribution in [0.2, 0.25) is 5.02 Å². The van der Waals surface area contributed by atoms with Gasteiger partial charge in [0.25, 0.3) is 0 Å². The lowest BCUT2D eigenvalue weighted by Gasteiger charge is -2.17. The van der Waals surface area contributed by atoms with Gasteiger partial charge in [-0.2, -0.15) is 0 Å². The first-order chi connectivity index (χ1) is 10.4. The summed E-state index contributed by atoms with van der Waals surface area (Å²) < 4.78 is 5.04. The van der Waals surface area contributed by atoms with Crippen LogP contribution in [0.3, 0.4) is 0 Å². The number of rotatable bonds is 5. The lowest BCUT2D eigenvalue weighted by Crippen LogP contribution is -2.29. The van der Waals surface area contributed by atoms with E-state index in [0.29, 0.717) is 18.5 Å². The largest absolute Gasteiger partial charge is 0.503 e. The molecule has 1 unspecified atom stereocenters. The molecule has 0 saturated heterocycles. The Morgan fingerprint density at radius 2 is 2.14 bits per heavy atom. The molecule has 22 heavy (non-hydrogen) atoms. The van der Waals surface area contributed by atoms with Gasteiger partial charge in [0, 0.05) is 19.5 Å². The maximum Gasteiger partial charge on any atom is 0.307 e. The van der Waals surface area contributed by atoms with Gasteiger partial charge in [-0.1, -0.05) is 18.5 Å². The van der Waals surface area contributed by atoms with Gasteiger partial charge in [-0.15, -0.1) is 0 Å². The number of benzene rings is 1. The van der Waals surface area contributed by atoms with E-state index in [-0.39, 0.29) is 35.4 Å². The summed E-state index contributed by atoms with van der Waals surface area (Å²) in [4.78, 5) is 24.8. The lowest BCUT2D eigenvalue weighted by molar-refractivity contribution is -0.146. The van der Waals surface area contributed by atoms with Crippen molar-refractivity contribution in [3.05, 3.63) is 22.2 Å². The summed E-state index contributed by atoms with van der Waals surface area (Å²) in [5, 5.41) is 19.1. The van der Waals surface area contributed by atoms with Crippen LogP contribution < -0.4 is 4.74 Å². The zero-order valence-electron chi connectivity index (χ0n) is 12.4. The van der Waals surface area contributed by atoms with E-state index in [9.17, 15) is 14.7 Å². The third-order valence-electron chi connectivity index (χ3n) is 3.95. The SMILES string of the molecule is CCC(CC(=O)N1Cc2cc(OC)c(O)c(Cl)c2C1)C(=O)O. The highest BCUT2D eigenvalue weighted by molar-refractivity contribution is 6.33. The summed E-state index contributed by atoms with van der Waals surface area (Å²) in [6, 6.07) is 1.65. The predicted octanol–water partition coefficient (Wildman–Crippen LogP) is 2.40. The van der Waals surface area contributed by atoms with Crippen molar-refractivity contribution in [3.63, 3.8) is 0 Å². The van der Waals surface area contributed by atoms with Crippen molar-refractivity contribution < 1.29 is 24.5 Å². The van der Waals surface area contributed by atoms with Crippen LogP contribution >= 0.6 is 11.6 Å². The predicted molar refractivity (Wildman–Crippen MR) is 80.0 cm³/mol. The molecule has 0 aliphatic carbocycles. The number of hydrogen-bond donors (Lipinski definition) is 2. The number of aliphatic carboxylic acids is 1. The van der Waals surface area contributed by atoms with E-state index in [0.717, 1.165) is 5.56 Å². The van der Waals surface area contributed by atoms with E-state index >= 15 is 0 Å². The second-order valence-electron chi connectivity index (χ2n) is 5.28. The molecule has 1 amide bonds. The van der Waals surface area contributed by atoms with Crippen molar-refractivity contribution in [1.29, 1.82) is 0 Å². The van der Waals surface area contributed by atoms with Crippen LogP contribution in [0.25, 0.3) is 0 Å². The first kappa shape index (κ1) is 16.4. The van der Waals surface area contributed by atoms with Gasteiger partial charge in [0.2, 0.25) is 5.91 Å². The highest BCUT2D eigenvalue weighted by Gasteiger charge is 2.30. The molecule has 1 aliphatic heterocycles. The normalized spacial score (nSPS) is 14.6. The van der Waals surface area contributed by atoms with Gasteiger partial charge in [-0.05, 0) is 23.6 Å². The number of phenols is 1. The Morgan fingerprint density at radius 3 is 2.68 bits per heavy atom. The highest BCUT2D eigenvalue weighted by atomic mass is 35.5. The van der Waals surface area contributed by atoms with E-state index < -0.39 is 11.9 Å². The summed E-state index contributed by atoms with van der Waals surface area (Å²) in [6.45, 7) is 2.34. The molecule has 0 spiro atoms. The average Bonchev–Trinajstić information content (AvgIpc) is 2.92. The topological polar surface area (TPSA) is 87.1 Å². The molecule has 7 heteroatoms. The molecule has 0 bridgehead atoms. The van der Waals surface area contributed by atoms with Gasteiger partial charge in [-0.3, -0.25) is 9.59 Å². The molecular weight excluding hydrogens is 310 g/mol. The molecule has 0 aromatic heterocycles. The molecule has 2 N–H and O–H groups in total. The average molecular weight is 328 g/mol. The molecule has 1 aromatic rings. The number of fused-ring (bicyclic) bond motifs is 1. The van der Waals surface area contributed by atoms with E-state index in [2.05, 4.69) is 0 Å². The third kappa shape index (κ3) is 2.97. The van der Waals surface area contributed by atoms with E-state index in [1.807, 2.05) is 0 Å². The minimum absolute atomic E-state index is 0.0411. The van der Waals surface area contributed by atoms with Gasteiger partial charge < -0.3 is 19.8 Å². The fraction of sp³-hybridized carbons (Fsp3) is 0.467. The zero-order valence-corrected chi connectivity index (χ0v) is 13.2. The van der Waals surface area contributed by atoms with Gasteiger partial charge in [0.05, 0.1) is 18.1 Å². The molecular formula is C15H18ClNO5. The van der Waals surface area contributed by atoms with Crippen LogP contribution in [0, 0.1) is 5.92 Å². The number of methoxy groups -OCH3 is 1. The van der Waals surface area contributed by atoms with E-state index in [1.54, 1.807) is 17.9 Å². The maximum absolute atomic E-state index is 12.3. The zero-order chi connectivity index (χ0) is 16.4. The Labute approximate surface area is 133 Å². The first-order valence-electron chi connectivity index (χ1n) is 6.96. The first-order valence-corrected chi connectivity index (χ1v) is 7.34. The van der Waals surface area contributed by atoms with Crippen LogP contribution in [-0.2, 0) is 22.7 Å². The fourth-order valence-electron chi connectivity index (χ4n) is 2.55. The highest BCUT2D eigenvalue weighted by Crippen LogP contribution is 2.42. The number of carbonyl (C=O) groups is 2. The second kappa shape index (κ2) is 6.44. The van der Waals surface area contributed by atoms with Crippen molar-refractivity contribution >= 4 is 23.5 Å². The van der Waals surface area contributed by atoms with Crippen LogP contribution in [0.15, 0.2) is 6.07 Å². The van der Waals surface area contributed by atoms with Gasteiger partial charge in [-0.25, -0.2) is 0 Å². The molecule has 1 aromatic carbocycles. The van der Waals surface area contributed by atoms with E-state index in [1.165, 1.54) is 7.11 Å². The summed E-state index contributed by atoms with van der Waals surface area (Å²) in [6.07, 6.45) is 0.359. The minimum atomic E-state index is -0.968. The number of carbonyl (C=O) groups excluding carboxylic acids is 1. The molecule has 2 rings (SSSR count). The molecule has 0 radical (unpaired) electrons. The Bertz CT molecular complexity index is 616. The Balaban J connectivity index is 2.17. The van der Waals surface area contributed by atoms with Gasteiger partial charge >= 0.3 is 5.97 Å². The van der Waals surface area contributed by atoms with Crippen LogP contribution in [0.4, 0.5) is 0 Å². The summed E-state index contributed by atoms with van der Waals surface area (Å²) in [7, 11) is 1.42. The fourth-order valence-corrected chi connectivity index (χ4v) is 2.82. The maximum atomic E-state index is 12.3. The number of aromatic hydroxyl groups is 1. The molecule has 1 aliphatic rings. The third-order valence-corrected chi connectivity index (χ3v) is 4.35. The van der Waals surface area contributed by atoms with Crippen LogP contribution in [0.1, 0.15) is 30.9 Å². The number of amides is 1. The van der Waals surface area contributed by atoms with Crippen molar-refractivity contribution in [3.8, 4) is 11.5 Å². The van der Waals surface area contributed by atoms with Crippen molar-refractivity contribution in [2.24, 2.45) is 5.92 Å². The Hall–Kier alpha value is -1.95. The molecule has 6 nitrogen and oxygen atoms in total. The van der Waals surface area contributed by atoms with Crippen LogP contribution in [0.5, 0.6) is 11.5 Å². The molecule has 1 atom stereocenters. The monoisotopic (exact) mass is 327 g/mol. The Morgan fingerprint density at radius 1 is 1.45 bits per heavy atom. The molecule has 120 valence electrons. The summed E-state index contributed by atoms with van der Waals surface area (Å²) in [5.74, 6) is -1.77. The number of phenolic OH excluding ortho intramolecular Hbond substituents is 1. The second-order valence-corrected chi connectivity index (χ2v) is 5.65. The molecule has 0 saturated carbocycles. The lowest BCUT2D eigenvalue weighted by atomic mass is 10.0. The quantitative estimate of drug-likeness (QED) is 0.867. The summed E-state index contributed by atoms with van der Waals surface area (Å²) in [5.41, 5.74) is 1.48. The smallest absolute Gasteiger partial charge is 0.307 e. The number of nitrogens with zero attached hydrogens (tertiary/aromatic N) is 1. The number of carboxylic acids is 1. The van der Waals surface area contributed by atoms with E-state index in [4.69, 9.17) is 21.4 Å². The number of hydrogen-bond acceptors (Lipinski definition) is 4. The van der Waals surface area contributed by atoms with Crippen molar-refractivity contribution in [2.75, 3.05) is 7.11 Å². The minimum Gasteiger partial charge on any atom is -0.503 e. The van der Waals surface area contributed by atoms with Gasteiger partial charge in [0.15, 0.2) is 11.5 Å². The van der Waals surface area contributed by atoms with Crippen LogP contribution in [-0.4, -0.2) is 34.1 Å². The summed E-state index contributed by atoms with van der Waals surface area (Å²) >= 11 is 6.11. The molecule has 1 heterocycles. The van der Waals surface area contributed by atoms with Gasteiger partial charge in [0.1, 0.15) is 0 Å². The number of halogens is 1. The standard InChI is InChI=1S/C15H18ClNO5/c1-3-8(15(20)21)5-12(18)17-6-9-4-11(22-2)14(19)13(16)10(9)7-17/h4,8,19H,3,5-7H2,1-2H3,(H,20,21). The number of ether oxygens (including phenoxy) is 1. The van der Waals surface area contributed by atoms with Crippen molar-refractivity contribution in [1.82, 2.24) is 4.90 Å². The number of carboxylic acid groups (broad SMARTS) is 1. The molecule has 0 fully saturated rings. The van der Waals surface area contributed by atoms with Crippen molar-refractivity contribution in [2.45, 2.75) is 32.9 Å².